The molecule has 1 aliphatic rings. The molecule has 0 unspecified atom stereocenters. The summed E-state index contributed by atoms with van der Waals surface area (Å²) >= 11 is 0. The monoisotopic (exact) mass is 290 g/mol. The van der Waals surface area contributed by atoms with Gasteiger partial charge in [0.15, 0.2) is 0 Å². The molecule has 1 N–H and O–H groups in total. The van der Waals surface area contributed by atoms with E-state index in [-0.39, 0.29) is 11.9 Å². The number of alkyl carbamates (subject to hydrolysis) is 1. The summed E-state index contributed by atoms with van der Waals surface area (Å²) in [5.74, 6) is -0.300. The fourth-order valence-electron chi connectivity index (χ4n) is 2.46. The van der Waals surface area contributed by atoms with Crippen molar-refractivity contribution >= 4 is 17.7 Å². The number of anilines is 1. The van der Waals surface area contributed by atoms with Gasteiger partial charge in [-0.15, -0.1) is 0 Å². The van der Waals surface area contributed by atoms with Gasteiger partial charge in [0.2, 0.25) is 0 Å². The van der Waals surface area contributed by atoms with Gasteiger partial charge in [0.25, 0.3) is 5.91 Å². The lowest BCUT2D eigenvalue weighted by molar-refractivity contribution is -0.121. The van der Waals surface area contributed by atoms with Crippen LogP contribution in [0.5, 0.6) is 0 Å². The number of imide groups is 1. The lowest BCUT2D eigenvalue weighted by atomic mass is 10.2. The molecule has 1 aliphatic heterocycles. The van der Waals surface area contributed by atoms with Crippen LogP contribution in [0.3, 0.4) is 0 Å². The molecule has 2 amide bonds. The standard InChI is InChI=1S/C16H22N2O3/c1-16(2,3)21-15(20)17-14(19)13-10-7-11-18(13)12-8-5-4-6-9-12/h4-6,8-9,13H,7,10-11H2,1-3H3,(H,17,19,20)/t13-/m0/s1. The average molecular weight is 290 g/mol. The lowest BCUT2D eigenvalue weighted by Crippen LogP contribution is -2.47. The Morgan fingerprint density at radius 2 is 1.90 bits per heavy atom. The number of para-hydroxylation sites is 1. The van der Waals surface area contributed by atoms with Gasteiger partial charge in [-0.3, -0.25) is 10.1 Å². The van der Waals surface area contributed by atoms with E-state index in [9.17, 15) is 9.59 Å². The number of hydrogen-bond donors (Lipinski definition) is 1. The first-order valence-electron chi connectivity index (χ1n) is 7.22. The van der Waals surface area contributed by atoms with Crippen molar-refractivity contribution in [1.82, 2.24) is 5.32 Å². The van der Waals surface area contributed by atoms with Crippen LogP contribution in [-0.2, 0) is 9.53 Å². The van der Waals surface area contributed by atoms with Gasteiger partial charge >= 0.3 is 6.09 Å². The molecule has 1 atom stereocenters. The van der Waals surface area contributed by atoms with E-state index < -0.39 is 11.7 Å². The van der Waals surface area contributed by atoms with Gasteiger partial charge in [0.05, 0.1) is 0 Å². The summed E-state index contributed by atoms with van der Waals surface area (Å²) in [6, 6.07) is 9.44. The van der Waals surface area contributed by atoms with Gasteiger partial charge in [0.1, 0.15) is 11.6 Å². The molecule has 1 aromatic carbocycles. The summed E-state index contributed by atoms with van der Waals surface area (Å²) < 4.78 is 5.12. The number of nitrogens with one attached hydrogen (secondary N) is 1. The first-order valence-corrected chi connectivity index (χ1v) is 7.22. The number of carbonyl (C=O) groups is 2. The maximum Gasteiger partial charge on any atom is 0.414 e. The third-order valence-electron chi connectivity index (χ3n) is 3.27. The van der Waals surface area contributed by atoms with Crippen molar-refractivity contribution in [1.29, 1.82) is 0 Å². The summed E-state index contributed by atoms with van der Waals surface area (Å²) in [4.78, 5) is 26.0. The Morgan fingerprint density at radius 3 is 2.52 bits per heavy atom. The molecule has 2 rings (SSSR count). The Morgan fingerprint density at radius 1 is 1.24 bits per heavy atom. The second-order valence-corrected chi connectivity index (χ2v) is 6.18. The fraction of sp³-hybridized carbons (Fsp3) is 0.500. The highest BCUT2D eigenvalue weighted by Crippen LogP contribution is 2.25. The molecule has 1 fully saturated rings. The molecule has 0 aromatic heterocycles. The van der Waals surface area contributed by atoms with Crippen molar-refractivity contribution in [3.63, 3.8) is 0 Å². The molecule has 5 heteroatoms. The Bertz CT molecular complexity index is 508. The number of amides is 2. The zero-order chi connectivity index (χ0) is 15.5. The van der Waals surface area contributed by atoms with Crippen molar-refractivity contribution in [2.45, 2.75) is 45.3 Å². The van der Waals surface area contributed by atoms with Crippen LogP contribution in [0.4, 0.5) is 10.5 Å². The maximum absolute atomic E-state index is 12.3. The van der Waals surface area contributed by atoms with Gasteiger partial charge in [-0.2, -0.15) is 0 Å². The largest absolute Gasteiger partial charge is 0.444 e. The van der Waals surface area contributed by atoms with E-state index in [1.807, 2.05) is 35.2 Å². The third-order valence-corrected chi connectivity index (χ3v) is 3.27. The number of ether oxygens (including phenoxy) is 1. The van der Waals surface area contributed by atoms with Crippen LogP contribution < -0.4 is 10.2 Å². The van der Waals surface area contributed by atoms with E-state index >= 15 is 0 Å². The van der Waals surface area contributed by atoms with Crippen molar-refractivity contribution in [2.24, 2.45) is 0 Å². The second kappa shape index (κ2) is 6.16. The molecule has 1 aromatic rings. The molecule has 0 aliphatic carbocycles. The highest BCUT2D eigenvalue weighted by molar-refractivity contribution is 5.96. The summed E-state index contributed by atoms with van der Waals surface area (Å²) in [6.07, 6.45) is 0.984. The molecule has 1 saturated heterocycles. The number of benzene rings is 1. The average Bonchev–Trinajstić information content (AvgIpc) is 2.86. The molecule has 0 bridgehead atoms. The highest BCUT2D eigenvalue weighted by Gasteiger charge is 2.32. The number of nitrogens with zero attached hydrogens (tertiary/aromatic N) is 1. The van der Waals surface area contributed by atoms with Gasteiger partial charge < -0.3 is 9.64 Å². The lowest BCUT2D eigenvalue weighted by Gasteiger charge is -2.26. The van der Waals surface area contributed by atoms with Crippen LogP contribution in [0.25, 0.3) is 0 Å². The summed E-state index contributed by atoms with van der Waals surface area (Å²) in [5, 5.41) is 2.34. The van der Waals surface area contributed by atoms with Gasteiger partial charge in [-0.05, 0) is 45.7 Å². The first-order chi connectivity index (χ1) is 9.87. The maximum atomic E-state index is 12.3. The van der Waals surface area contributed by atoms with Gasteiger partial charge in [-0.25, -0.2) is 4.79 Å². The van der Waals surface area contributed by atoms with Crippen LogP contribution >= 0.6 is 0 Å². The summed E-state index contributed by atoms with van der Waals surface area (Å²) in [5.41, 5.74) is 0.387. The smallest absolute Gasteiger partial charge is 0.414 e. The zero-order valence-corrected chi connectivity index (χ0v) is 12.8. The highest BCUT2D eigenvalue weighted by atomic mass is 16.6. The van der Waals surface area contributed by atoms with E-state index in [0.29, 0.717) is 0 Å². The molecule has 0 spiro atoms. The minimum atomic E-state index is -0.688. The molecule has 1 heterocycles. The third kappa shape index (κ3) is 4.21. The summed E-state index contributed by atoms with van der Waals surface area (Å²) in [6.45, 7) is 6.12. The number of hydrogen-bond acceptors (Lipinski definition) is 4. The van der Waals surface area contributed by atoms with Crippen LogP contribution in [0.2, 0.25) is 0 Å². The number of rotatable bonds is 2. The Balaban J connectivity index is 2.00. The Labute approximate surface area is 125 Å². The Kier molecular flexibility index (Phi) is 4.50. The molecule has 21 heavy (non-hydrogen) atoms. The molecule has 0 radical (unpaired) electrons. The Hall–Kier alpha value is -2.04. The summed E-state index contributed by atoms with van der Waals surface area (Å²) in [7, 11) is 0. The molecular formula is C16H22N2O3. The van der Waals surface area contributed by atoms with Crippen molar-refractivity contribution in [2.75, 3.05) is 11.4 Å². The molecule has 5 nitrogen and oxygen atoms in total. The van der Waals surface area contributed by atoms with E-state index in [1.54, 1.807) is 20.8 Å². The van der Waals surface area contributed by atoms with E-state index in [2.05, 4.69) is 5.32 Å². The second-order valence-electron chi connectivity index (χ2n) is 6.18. The van der Waals surface area contributed by atoms with E-state index in [1.165, 1.54) is 0 Å². The fourth-order valence-corrected chi connectivity index (χ4v) is 2.46. The van der Waals surface area contributed by atoms with Crippen molar-refractivity contribution in [3.05, 3.63) is 30.3 Å². The first kappa shape index (κ1) is 15.4. The van der Waals surface area contributed by atoms with Gasteiger partial charge in [-0.1, -0.05) is 18.2 Å². The predicted molar refractivity (Wildman–Crippen MR) is 81.2 cm³/mol. The van der Waals surface area contributed by atoms with E-state index in [0.717, 1.165) is 25.1 Å². The predicted octanol–water partition coefficient (Wildman–Crippen LogP) is 2.71. The normalized spacial score (nSPS) is 18.4. The number of carbonyl (C=O) groups excluding carboxylic acids is 2. The van der Waals surface area contributed by atoms with Crippen molar-refractivity contribution < 1.29 is 14.3 Å². The topological polar surface area (TPSA) is 58.6 Å². The minimum Gasteiger partial charge on any atom is -0.444 e. The van der Waals surface area contributed by atoms with Crippen LogP contribution in [0, 0.1) is 0 Å². The SMILES string of the molecule is CC(C)(C)OC(=O)NC(=O)[C@@H]1CCCN1c1ccccc1. The van der Waals surface area contributed by atoms with Crippen LogP contribution in [-0.4, -0.2) is 30.2 Å². The zero-order valence-electron chi connectivity index (χ0n) is 12.8. The molecule has 0 saturated carbocycles. The molecule has 114 valence electrons. The molecular weight excluding hydrogens is 268 g/mol. The van der Waals surface area contributed by atoms with Crippen molar-refractivity contribution in [3.8, 4) is 0 Å². The minimum absolute atomic E-state index is 0.300. The van der Waals surface area contributed by atoms with Crippen LogP contribution in [0.15, 0.2) is 30.3 Å². The van der Waals surface area contributed by atoms with Crippen LogP contribution in [0.1, 0.15) is 33.6 Å². The van der Waals surface area contributed by atoms with Gasteiger partial charge in [0, 0.05) is 12.2 Å². The van der Waals surface area contributed by atoms with E-state index in [4.69, 9.17) is 4.74 Å². The quantitative estimate of drug-likeness (QED) is 0.910.